The first-order chi connectivity index (χ1) is 17.6. The Morgan fingerprint density at radius 3 is 2.78 bits per heavy atom. The molecule has 1 atom stereocenters. The number of hydrogen-bond acceptors (Lipinski definition) is 9. The molecule has 1 unspecified atom stereocenters. The molecule has 3 heterocycles. The van der Waals surface area contributed by atoms with Gasteiger partial charge in [-0.1, -0.05) is 13.3 Å². The molecule has 1 amide bonds. The van der Waals surface area contributed by atoms with Crippen molar-refractivity contribution in [2.75, 3.05) is 39.1 Å². The van der Waals surface area contributed by atoms with Crippen LogP contribution in [-0.4, -0.2) is 70.1 Å². The molecule has 1 aromatic carbocycles. The van der Waals surface area contributed by atoms with Gasteiger partial charge in [-0.3, -0.25) is 14.7 Å². The van der Waals surface area contributed by atoms with Gasteiger partial charge in [-0.2, -0.15) is 0 Å². The number of aromatic nitrogens is 4. The van der Waals surface area contributed by atoms with E-state index < -0.39 is 0 Å². The molecule has 3 N–H and O–H groups in total. The number of amides is 1. The molecule has 1 saturated heterocycles. The molecule has 3 aromatic rings. The van der Waals surface area contributed by atoms with Crippen molar-refractivity contribution in [3.05, 3.63) is 36.5 Å². The van der Waals surface area contributed by atoms with Gasteiger partial charge in [-0.05, 0) is 51.4 Å². The van der Waals surface area contributed by atoms with Gasteiger partial charge in [0, 0.05) is 36.7 Å². The van der Waals surface area contributed by atoms with Gasteiger partial charge in [0.1, 0.15) is 17.9 Å². The van der Waals surface area contributed by atoms with Gasteiger partial charge >= 0.3 is 0 Å². The van der Waals surface area contributed by atoms with Crippen LogP contribution in [0.1, 0.15) is 44.9 Å². The summed E-state index contributed by atoms with van der Waals surface area (Å²) < 4.78 is 11.7. The molecule has 0 bridgehead atoms. The Balaban J connectivity index is 1.44. The molecule has 1 aliphatic heterocycles. The normalized spacial score (nSPS) is 16.2. The number of rotatable bonds is 11. The predicted octanol–water partition coefficient (Wildman–Crippen LogP) is 2.97. The number of carbonyl (C=O) groups excluding carboxylic acids is 1. The predicted molar refractivity (Wildman–Crippen MR) is 138 cm³/mol. The van der Waals surface area contributed by atoms with E-state index in [9.17, 15) is 4.79 Å². The lowest BCUT2D eigenvalue weighted by molar-refractivity contribution is -0.127. The van der Waals surface area contributed by atoms with E-state index in [0.29, 0.717) is 61.2 Å². The average Bonchev–Trinajstić information content (AvgIpc) is 2.89. The Labute approximate surface area is 211 Å². The van der Waals surface area contributed by atoms with Crippen LogP contribution in [0.5, 0.6) is 5.75 Å². The minimum atomic E-state index is -0.0436. The van der Waals surface area contributed by atoms with Gasteiger partial charge in [0.05, 0.1) is 24.4 Å². The number of benzene rings is 1. The molecule has 2 aromatic heterocycles. The van der Waals surface area contributed by atoms with Crippen molar-refractivity contribution in [1.29, 1.82) is 0 Å². The average molecular weight is 494 g/mol. The Bertz CT molecular complexity index is 1160. The number of ether oxygens (including phenoxy) is 2. The van der Waals surface area contributed by atoms with E-state index in [1.807, 2.05) is 19.2 Å². The summed E-state index contributed by atoms with van der Waals surface area (Å²) >= 11 is 0. The number of nitrogens with zero attached hydrogens (tertiary/aromatic N) is 5. The molecule has 1 fully saturated rings. The van der Waals surface area contributed by atoms with Gasteiger partial charge < -0.3 is 20.5 Å². The molecule has 0 aliphatic carbocycles. The van der Waals surface area contributed by atoms with Crippen LogP contribution < -0.4 is 15.8 Å². The number of nitrogens with one attached hydrogen (secondary N) is 1. The first-order valence-electron chi connectivity index (χ1n) is 12.6. The summed E-state index contributed by atoms with van der Waals surface area (Å²) in [5.41, 5.74) is 8.79. The fourth-order valence-corrected chi connectivity index (χ4v) is 4.30. The van der Waals surface area contributed by atoms with Gasteiger partial charge in [-0.25, -0.2) is 15.0 Å². The minimum Gasteiger partial charge on any atom is -0.491 e. The first kappa shape index (κ1) is 25.7. The van der Waals surface area contributed by atoms with Crippen molar-refractivity contribution >= 4 is 22.8 Å². The molecule has 4 rings (SSSR count). The molecule has 0 saturated carbocycles. The van der Waals surface area contributed by atoms with E-state index in [1.54, 1.807) is 12.4 Å². The van der Waals surface area contributed by atoms with E-state index in [4.69, 9.17) is 15.2 Å². The molecule has 10 heteroatoms. The second kappa shape index (κ2) is 12.5. The van der Waals surface area contributed by atoms with Crippen LogP contribution >= 0.6 is 0 Å². The quantitative estimate of drug-likeness (QED) is 0.387. The summed E-state index contributed by atoms with van der Waals surface area (Å²) in [7, 11) is 2.01. The van der Waals surface area contributed by atoms with Crippen molar-refractivity contribution in [2.24, 2.45) is 0 Å². The molecule has 1 aliphatic rings. The summed E-state index contributed by atoms with van der Waals surface area (Å²) in [4.78, 5) is 32.4. The summed E-state index contributed by atoms with van der Waals surface area (Å²) in [5, 5.41) is 3.05. The van der Waals surface area contributed by atoms with Gasteiger partial charge in [0.2, 0.25) is 5.91 Å². The molecule has 0 radical (unpaired) electrons. The molecular weight excluding hydrogens is 458 g/mol. The van der Waals surface area contributed by atoms with Crippen LogP contribution in [-0.2, 0) is 16.1 Å². The maximum Gasteiger partial charge on any atom is 0.237 e. The van der Waals surface area contributed by atoms with Crippen molar-refractivity contribution in [3.63, 3.8) is 0 Å². The Morgan fingerprint density at radius 2 is 2.00 bits per heavy atom. The summed E-state index contributed by atoms with van der Waals surface area (Å²) in [6.07, 6.45) is 9.78. The number of anilines is 1. The number of likely N-dealkylation sites (tertiary alicyclic amines) is 1. The highest BCUT2D eigenvalue weighted by molar-refractivity contribution is 5.90. The summed E-state index contributed by atoms with van der Waals surface area (Å²) in [5.74, 6) is 1.60. The van der Waals surface area contributed by atoms with Crippen LogP contribution in [0.2, 0.25) is 0 Å². The summed E-state index contributed by atoms with van der Waals surface area (Å²) in [6, 6.07) is 3.76. The lowest BCUT2D eigenvalue weighted by Gasteiger charge is -2.31. The topological polar surface area (TPSA) is 128 Å². The number of nitrogen functional groups attached to an aromatic ring is 1. The van der Waals surface area contributed by atoms with Crippen LogP contribution in [0, 0.1) is 0 Å². The van der Waals surface area contributed by atoms with Crippen LogP contribution in [0.25, 0.3) is 22.2 Å². The number of nitrogens with two attached hydrogens (primary N) is 1. The lowest BCUT2D eigenvalue weighted by Crippen LogP contribution is -2.47. The van der Waals surface area contributed by atoms with E-state index in [1.165, 1.54) is 6.20 Å². The number of hydrogen-bond donors (Lipinski definition) is 2. The van der Waals surface area contributed by atoms with Crippen molar-refractivity contribution in [1.82, 2.24) is 30.2 Å². The maximum absolute atomic E-state index is 12.6. The van der Waals surface area contributed by atoms with E-state index >= 15 is 0 Å². The highest BCUT2D eigenvalue weighted by Crippen LogP contribution is 2.35. The van der Waals surface area contributed by atoms with Crippen LogP contribution in [0.15, 0.2) is 30.7 Å². The van der Waals surface area contributed by atoms with Crippen molar-refractivity contribution < 1.29 is 14.3 Å². The zero-order chi connectivity index (χ0) is 25.3. The number of carbonyl (C=O) groups is 1. The smallest absolute Gasteiger partial charge is 0.237 e. The van der Waals surface area contributed by atoms with Gasteiger partial charge in [0.25, 0.3) is 0 Å². The van der Waals surface area contributed by atoms with Gasteiger partial charge in [0.15, 0.2) is 11.6 Å². The second-order valence-electron chi connectivity index (χ2n) is 9.03. The molecule has 192 valence electrons. The monoisotopic (exact) mass is 493 g/mol. The SMILES string of the molecule is CCCOCc1ncc(-c2ccc3ncc(N)nc3c2OCCCNC(=O)C2CCCCN2C)cn1. The molecule has 36 heavy (non-hydrogen) atoms. The number of likely N-dealkylation sites (N-methyl/N-ethyl adjacent to an activating group) is 1. The molecule has 0 spiro atoms. The van der Waals surface area contributed by atoms with E-state index in [-0.39, 0.29) is 11.9 Å². The van der Waals surface area contributed by atoms with Crippen LogP contribution in [0.4, 0.5) is 5.82 Å². The number of piperidine rings is 1. The minimum absolute atomic E-state index is 0.0436. The van der Waals surface area contributed by atoms with Crippen molar-refractivity contribution in [2.45, 2.75) is 51.7 Å². The Hall–Kier alpha value is -3.37. The second-order valence-corrected chi connectivity index (χ2v) is 9.03. The third-order valence-corrected chi connectivity index (χ3v) is 6.22. The molecular formula is C26H35N7O3. The summed E-state index contributed by atoms with van der Waals surface area (Å²) in [6.45, 7) is 5.00. The third kappa shape index (κ3) is 6.44. The fraction of sp³-hybridized carbons (Fsp3) is 0.500. The lowest BCUT2D eigenvalue weighted by atomic mass is 10.0. The maximum atomic E-state index is 12.6. The van der Waals surface area contributed by atoms with Crippen LogP contribution in [0.3, 0.4) is 0 Å². The standard InChI is InChI=1S/C26H35N7O3/c1-3-12-35-17-23-30-14-18(15-31-23)19-8-9-20-24(32-22(27)16-29-20)25(19)36-13-6-10-28-26(34)21-7-4-5-11-33(21)2/h8-9,14-16,21H,3-7,10-13,17H2,1-2H3,(H2,27,32)(H,28,34). The van der Waals surface area contributed by atoms with E-state index in [0.717, 1.165) is 43.4 Å². The highest BCUT2D eigenvalue weighted by Gasteiger charge is 2.25. The zero-order valence-electron chi connectivity index (χ0n) is 21.1. The number of fused-ring (bicyclic) bond motifs is 1. The highest BCUT2D eigenvalue weighted by atomic mass is 16.5. The Morgan fingerprint density at radius 1 is 1.17 bits per heavy atom. The third-order valence-electron chi connectivity index (χ3n) is 6.22. The zero-order valence-corrected chi connectivity index (χ0v) is 21.1. The van der Waals surface area contributed by atoms with E-state index in [2.05, 4.69) is 37.1 Å². The molecule has 10 nitrogen and oxygen atoms in total. The fourth-order valence-electron chi connectivity index (χ4n) is 4.30. The first-order valence-corrected chi connectivity index (χ1v) is 12.6. The largest absolute Gasteiger partial charge is 0.491 e. The van der Waals surface area contributed by atoms with Crippen molar-refractivity contribution in [3.8, 4) is 16.9 Å². The van der Waals surface area contributed by atoms with Gasteiger partial charge in [-0.15, -0.1) is 0 Å². The Kier molecular flexibility index (Phi) is 8.96.